The summed E-state index contributed by atoms with van der Waals surface area (Å²) < 4.78 is 5.64. The van der Waals surface area contributed by atoms with Crippen LogP contribution in [0.3, 0.4) is 0 Å². The molecule has 3 amide bonds. The van der Waals surface area contributed by atoms with Gasteiger partial charge >= 0.3 is 5.97 Å². The molecule has 0 aliphatic heterocycles. The van der Waals surface area contributed by atoms with Gasteiger partial charge in [0.15, 0.2) is 5.41 Å². The molecule has 2 N–H and O–H groups in total. The van der Waals surface area contributed by atoms with Gasteiger partial charge in [-0.25, -0.2) is 0 Å². The maximum atomic E-state index is 13.6. The van der Waals surface area contributed by atoms with Crippen LogP contribution in [0.2, 0.25) is 0 Å². The van der Waals surface area contributed by atoms with Crippen LogP contribution in [-0.2, 0) is 31.0 Å². The fourth-order valence-electron chi connectivity index (χ4n) is 5.66. The summed E-state index contributed by atoms with van der Waals surface area (Å²) in [4.78, 5) is 55.2. The molecule has 8 nitrogen and oxygen atoms in total. The van der Waals surface area contributed by atoms with Gasteiger partial charge in [0.25, 0.3) is 5.91 Å². The predicted molar refractivity (Wildman–Crippen MR) is 167 cm³/mol. The predicted octanol–water partition coefficient (Wildman–Crippen LogP) is 4.96. The molecule has 3 aromatic carbocycles. The van der Waals surface area contributed by atoms with Gasteiger partial charge in [-0.3, -0.25) is 19.2 Å². The van der Waals surface area contributed by atoms with Crippen LogP contribution in [0, 0.1) is 0 Å². The third-order valence-corrected chi connectivity index (χ3v) is 7.91. The van der Waals surface area contributed by atoms with Crippen molar-refractivity contribution in [3.8, 4) is 0 Å². The van der Waals surface area contributed by atoms with E-state index >= 15 is 0 Å². The Balaban J connectivity index is 1.52. The van der Waals surface area contributed by atoms with Crippen molar-refractivity contribution in [2.24, 2.45) is 0 Å². The van der Waals surface area contributed by atoms with Gasteiger partial charge < -0.3 is 20.3 Å². The Morgan fingerprint density at radius 2 is 1.33 bits per heavy atom. The van der Waals surface area contributed by atoms with Crippen LogP contribution < -0.4 is 15.5 Å². The second-order valence-electron chi connectivity index (χ2n) is 10.8. The molecule has 43 heavy (non-hydrogen) atoms. The van der Waals surface area contributed by atoms with E-state index in [1.165, 1.54) is 6.42 Å². The molecular weight excluding hydrogens is 542 g/mol. The summed E-state index contributed by atoms with van der Waals surface area (Å²) in [6.07, 6.45) is 5.21. The van der Waals surface area contributed by atoms with Gasteiger partial charge in [0.1, 0.15) is 6.61 Å². The molecular formula is C35H41N3O5. The van der Waals surface area contributed by atoms with Gasteiger partial charge in [0.05, 0.1) is 6.42 Å². The molecule has 1 aliphatic carbocycles. The summed E-state index contributed by atoms with van der Waals surface area (Å²) in [6.45, 7) is 3.73. The first-order valence-electron chi connectivity index (χ1n) is 15.2. The Labute approximate surface area is 253 Å². The van der Waals surface area contributed by atoms with Gasteiger partial charge in [0.2, 0.25) is 11.8 Å². The van der Waals surface area contributed by atoms with E-state index in [4.69, 9.17) is 4.74 Å². The highest BCUT2D eigenvalue weighted by Crippen LogP contribution is 2.30. The third-order valence-electron chi connectivity index (χ3n) is 7.91. The van der Waals surface area contributed by atoms with Crippen LogP contribution in [0.4, 0.5) is 5.69 Å². The number of benzene rings is 3. The summed E-state index contributed by atoms with van der Waals surface area (Å²) in [6, 6.07) is 25.4. The van der Waals surface area contributed by atoms with E-state index in [1.54, 1.807) is 44.2 Å². The lowest BCUT2D eigenvalue weighted by Gasteiger charge is -2.34. The normalized spacial score (nSPS) is 13.5. The minimum absolute atomic E-state index is 0.0346. The van der Waals surface area contributed by atoms with Crippen LogP contribution >= 0.6 is 0 Å². The first kappa shape index (κ1) is 31.5. The number of nitrogens with zero attached hydrogens (tertiary/aromatic N) is 1. The molecule has 1 fully saturated rings. The minimum Gasteiger partial charge on any atom is -0.463 e. The van der Waals surface area contributed by atoms with Gasteiger partial charge in [0, 0.05) is 30.4 Å². The van der Waals surface area contributed by atoms with Crippen LogP contribution in [0.25, 0.3) is 0 Å². The van der Waals surface area contributed by atoms with E-state index in [0.717, 1.165) is 31.4 Å². The number of carbonyl (C=O) groups is 4. The van der Waals surface area contributed by atoms with Gasteiger partial charge in [-0.15, -0.1) is 0 Å². The summed E-state index contributed by atoms with van der Waals surface area (Å²) in [5.74, 6) is -1.66. The Hall–Kier alpha value is -4.46. The van der Waals surface area contributed by atoms with Gasteiger partial charge in [-0.05, 0) is 62.1 Å². The molecule has 0 atom stereocenters. The molecule has 0 radical (unpaired) electrons. The highest BCUT2D eigenvalue weighted by atomic mass is 16.5. The molecule has 8 heteroatoms. The maximum Gasteiger partial charge on any atom is 0.310 e. The van der Waals surface area contributed by atoms with Crippen molar-refractivity contribution in [2.75, 3.05) is 24.6 Å². The largest absolute Gasteiger partial charge is 0.463 e. The number of amides is 3. The lowest BCUT2D eigenvalue weighted by atomic mass is 9.79. The zero-order valence-corrected chi connectivity index (χ0v) is 25.0. The number of nitrogens with one attached hydrogen (secondary N) is 2. The van der Waals surface area contributed by atoms with Crippen molar-refractivity contribution in [3.05, 3.63) is 102 Å². The molecule has 1 aliphatic rings. The molecule has 0 spiro atoms. The van der Waals surface area contributed by atoms with E-state index < -0.39 is 29.8 Å². The Morgan fingerprint density at radius 3 is 1.88 bits per heavy atom. The second kappa shape index (κ2) is 15.1. The molecule has 4 rings (SSSR count). The quantitative estimate of drug-likeness (QED) is 0.232. The number of anilines is 1. The fraction of sp³-hybridized carbons (Fsp3) is 0.371. The van der Waals surface area contributed by atoms with E-state index in [0.29, 0.717) is 29.8 Å². The van der Waals surface area contributed by atoms with Crippen LogP contribution in [0.1, 0.15) is 67.4 Å². The summed E-state index contributed by atoms with van der Waals surface area (Å²) in [7, 11) is 0. The molecule has 3 aromatic rings. The molecule has 0 aromatic heterocycles. The van der Waals surface area contributed by atoms with Crippen molar-refractivity contribution in [3.63, 3.8) is 0 Å². The van der Waals surface area contributed by atoms with Crippen molar-refractivity contribution in [1.82, 2.24) is 10.6 Å². The van der Waals surface area contributed by atoms with Gasteiger partial charge in [-0.2, -0.15) is 0 Å². The Kier molecular flexibility index (Phi) is 11.1. The van der Waals surface area contributed by atoms with Crippen molar-refractivity contribution in [1.29, 1.82) is 0 Å². The van der Waals surface area contributed by atoms with Crippen LogP contribution in [0.15, 0.2) is 84.9 Å². The lowest BCUT2D eigenvalue weighted by molar-refractivity contribution is -0.150. The zero-order chi connectivity index (χ0) is 30.7. The third kappa shape index (κ3) is 7.49. The van der Waals surface area contributed by atoms with Gasteiger partial charge in [-0.1, -0.05) is 79.9 Å². The molecule has 1 saturated carbocycles. The Bertz CT molecular complexity index is 1350. The number of esters is 1. The SMILES string of the molecule is CCNC(=O)C(COC(=O)Cc1ccc(N(C(=O)c2ccccc2)C2CCCCC2)cc1)(C(=O)NCC)c1ccccc1. The number of likely N-dealkylation sites (N-methyl/N-ethyl adjacent to an activating group) is 2. The number of hydrogen-bond donors (Lipinski definition) is 2. The zero-order valence-electron chi connectivity index (χ0n) is 25.0. The van der Waals surface area contributed by atoms with E-state index in [1.807, 2.05) is 59.5 Å². The number of hydrogen-bond acceptors (Lipinski definition) is 5. The lowest BCUT2D eigenvalue weighted by Crippen LogP contribution is -2.57. The molecule has 0 saturated heterocycles. The average Bonchev–Trinajstić information content (AvgIpc) is 3.04. The first-order valence-corrected chi connectivity index (χ1v) is 15.2. The highest BCUT2D eigenvalue weighted by molar-refractivity contribution is 6.11. The fourth-order valence-corrected chi connectivity index (χ4v) is 5.66. The smallest absolute Gasteiger partial charge is 0.310 e. The van der Waals surface area contributed by atoms with Crippen molar-refractivity contribution >= 4 is 29.4 Å². The first-order chi connectivity index (χ1) is 20.9. The minimum atomic E-state index is -1.73. The average molecular weight is 584 g/mol. The monoisotopic (exact) mass is 583 g/mol. The summed E-state index contributed by atoms with van der Waals surface area (Å²) >= 11 is 0. The number of rotatable bonds is 12. The van der Waals surface area contributed by atoms with E-state index in [-0.39, 0.29) is 18.4 Å². The molecule has 0 bridgehead atoms. The van der Waals surface area contributed by atoms with E-state index in [9.17, 15) is 19.2 Å². The highest BCUT2D eigenvalue weighted by Gasteiger charge is 2.48. The second-order valence-corrected chi connectivity index (χ2v) is 10.8. The number of ether oxygens (including phenoxy) is 1. The number of carbonyl (C=O) groups excluding carboxylic acids is 4. The summed E-state index contributed by atoms with van der Waals surface area (Å²) in [5.41, 5.74) is 0.835. The van der Waals surface area contributed by atoms with E-state index in [2.05, 4.69) is 10.6 Å². The van der Waals surface area contributed by atoms with Crippen LogP contribution in [-0.4, -0.2) is 49.4 Å². The molecule has 0 heterocycles. The topological polar surface area (TPSA) is 105 Å². The summed E-state index contributed by atoms with van der Waals surface area (Å²) in [5, 5.41) is 5.48. The standard InChI is InChI=1S/C35H41N3O5/c1-3-36-33(41)35(34(42)37-4-2,28-16-10-6-11-17-28)25-43-31(39)24-26-20-22-30(23-21-26)38(29-18-12-7-13-19-29)32(40)27-14-8-5-9-15-27/h5-6,8-11,14-17,20-23,29H,3-4,7,12-13,18-19,24-25H2,1-2H3,(H,36,41)(H,37,42). The molecule has 0 unspecified atom stereocenters. The Morgan fingerprint density at radius 1 is 0.767 bits per heavy atom. The van der Waals surface area contributed by atoms with Crippen LogP contribution in [0.5, 0.6) is 0 Å². The maximum absolute atomic E-state index is 13.6. The molecule has 226 valence electrons. The van der Waals surface area contributed by atoms with Crippen molar-refractivity contribution in [2.45, 2.75) is 63.8 Å². The van der Waals surface area contributed by atoms with Crippen molar-refractivity contribution < 1.29 is 23.9 Å².